The van der Waals surface area contributed by atoms with Crippen LogP contribution in [0.15, 0.2) is 36.9 Å². The molecule has 0 saturated carbocycles. The van der Waals surface area contributed by atoms with Crippen LogP contribution in [-0.2, 0) is 13.0 Å². The topological polar surface area (TPSA) is 53.1 Å². The van der Waals surface area contributed by atoms with Gasteiger partial charge in [-0.15, -0.1) is 0 Å². The highest BCUT2D eigenvalue weighted by Gasteiger charge is 2.21. The first-order chi connectivity index (χ1) is 9.34. The first-order valence-electron chi connectivity index (χ1n) is 6.80. The molecule has 4 nitrogen and oxygen atoms in total. The third-order valence-electron chi connectivity index (χ3n) is 3.65. The molecule has 0 radical (unpaired) electrons. The van der Waals surface area contributed by atoms with E-state index in [0.717, 1.165) is 38.2 Å². The molecule has 1 atom stereocenters. The number of aryl methyl sites for hydroxylation is 1. The van der Waals surface area contributed by atoms with Crippen molar-refractivity contribution in [3.05, 3.63) is 48.0 Å². The highest BCUT2D eigenvalue weighted by molar-refractivity contribution is 5.44. The summed E-state index contributed by atoms with van der Waals surface area (Å²) >= 11 is 0. The largest absolute Gasteiger partial charge is 0.493 e. The molecule has 19 heavy (non-hydrogen) atoms. The molecule has 3 rings (SSSR count). The first-order valence-corrected chi connectivity index (χ1v) is 6.80. The van der Waals surface area contributed by atoms with Crippen molar-refractivity contribution in [3.63, 3.8) is 0 Å². The summed E-state index contributed by atoms with van der Waals surface area (Å²) in [4.78, 5) is 4.02. The molecule has 0 aliphatic heterocycles. The number of imidazole rings is 1. The summed E-state index contributed by atoms with van der Waals surface area (Å²) < 4.78 is 7.97. The number of benzene rings is 1. The average molecular weight is 257 g/mol. The predicted molar refractivity (Wildman–Crippen MR) is 74.0 cm³/mol. The summed E-state index contributed by atoms with van der Waals surface area (Å²) in [5, 5.41) is 0. The Morgan fingerprint density at radius 2 is 2.37 bits per heavy atom. The second-order valence-corrected chi connectivity index (χ2v) is 4.97. The van der Waals surface area contributed by atoms with Gasteiger partial charge in [-0.2, -0.15) is 0 Å². The molecular formula is C15H19N3O. The Labute approximate surface area is 113 Å². The fourth-order valence-corrected chi connectivity index (χ4v) is 2.64. The molecular weight excluding hydrogens is 238 g/mol. The Hall–Kier alpha value is -1.81. The number of hydrogen-bond acceptors (Lipinski definition) is 3. The standard InChI is InChI=1S/C15H19N3O/c16-14-6-5-13-12(14)3-1-4-15(13)19-10-2-8-18-9-7-17-11-18/h1,3-4,7,9,11,14H,2,5-6,8,10,16H2. The van der Waals surface area contributed by atoms with E-state index < -0.39 is 0 Å². The number of nitrogens with two attached hydrogens (primary N) is 1. The number of nitrogens with zero attached hydrogens (tertiary/aromatic N) is 2. The number of hydrogen-bond donors (Lipinski definition) is 1. The molecule has 2 N–H and O–H groups in total. The van der Waals surface area contributed by atoms with Crippen molar-refractivity contribution in [2.45, 2.75) is 31.8 Å². The molecule has 1 aliphatic rings. The molecule has 0 fully saturated rings. The van der Waals surface area contributed by atoms with Crippen LogP contribution < -0.4 is 10.5 Å². The molecule has 0 saturated heterocycles. The third-order valence-corrected chi connectivity index (χ3v) is 3.65. The van der Waals surface area contributed by atoms with Gasteiger partial charge >= 0.3 is 0 Å². The quantitative estimate of drug-likeness (QED) is 0.836. The van der Waals surface area contributed by atoms with Crippen LogP contribution in [0.2, 0.25) is 0 Å². The Kier molecular flexibility index (Phi) is 3.51. The van der Waals surface area contributed by atoms with Gasteiger partial charge in [-0.05, 0) is 36.5 Å². The van der Waals surface area contributed by atoms with Gasteiger partial charge in [-0.1, -0.05) is 12.1 Å². The Bertz CT molecular complexity index is 536. The van der Waals surface area contributed by atoms with Crippen molar-refractivity contribution in [3.8, 4) is 5.75 Å². The molecule has 1 aromatic carbocycles. The van der Waals surface area contributed by atoms with Crippen LogP contribution in [0.3, 0.4) is 0 Å². The fourth-order valence-electron chi connectivity index (χ4n) is 2.64. The van der Waals surface area contributed by atoms with Crippen molar-refractivity contribution in [2.24, 2.45) is 5.73 Å². The molecule has 0 spiro atoms. The minimum atomic E-state index is 0.185. The van der Waals surface area contributed by atoms with Crippen LogP contribution in [0.1, 0.15) is 30.0 Å². The van der Waals surface area contributed by atoms with Crippen LogP contribution >= 0.6 is 0 Å². The van der Waals surface area contributed by atoms with Crippen molar-refractivity contribution in [1.29, 1.82) is 0 Å². The van der Waals surface area contributed by atoms with Crippen molar-refractivity contribution >= 4 is 0 Å². The maximum atomic E-state index is 6.07. The second-order valence-electron chi connectivity index (χ2n) is 4.97. The summed E-state index contributed by atoms with van der Waals surface area (Å²) in [5.41, 5.74) is 8.63. The molecule has 4 heteroatoms. The number of rotatable bonds is 5. The van der Waals surface area contributed by atoms with E-state index in [1.807, 2.05) is 24.7 Å². The zero-order valence-corrected chi connectivity index (χ0v) is 11.0. The zero-order chi connectivity index (χ0) is 13.1. The molecule has 1 heterocycles. The number of ether oxygens (including phenoxy) is 1. The summed E-state index contributed by atoms with van der Waals surface area (Å²) in [6, 6.07) is 6.39. The lowest BCUT2D eigenvalue weighted by molar-refractivity contribution is 0.299. The van der Waals surface area contributed by atoms with Crippen molar-refractivity contribution in [1.82, 2.24) is 9.55 Å². The minimum Gasteiger partial charge on any atom is -0.493 e. The van der Waals surface area contributed by atoms with E-state index >= 15 is 0 Å². The summed E-state index contributed by atoms with van der Waals surface area (Å²) in [6.45, 7) is 1.67. The van der Waals surface area contributed by atoms with Gasteiger partial charge in [-0.25, -0.2) is 4.98 Å². The predicted octanol–water partition coefficient (Wildman–Crippen LogP) is 2.30. The highest BCUT2D eigenvalue weighted by atomic mass is 16.5. The van der Waals surface area contributed by atoms with Gasteiger partial charge in [0.05, 0.1) is 12.9 Å². The molecule has 1 aromatic heterocycles. The normalized spacial score (nSPS) is 17.4. The van der Waals surface area contributed by atoms with Crippen molar-refractivity contribution in [2.75, 3.05) is 6.61 Å². The highest BCUT2D eigenvalue weighted by Crippen LogP contribution is 2.35. The van der Waals surface area contributed by atoms with Gasteiger partial charge in [0.25, 0.3) is 0 Å². The lowest BCUT2D eigenvalue weighted by Gasteiger charge is -2.11. The summed E-state index contributed by atoms with van der Waals surface area (Å²) in [6.07, 6.45) is 8.65. The average Bonchev–Trinajstić information content (AvgIpc) is 3.06. The first kappa shape index (κ1) is 12.2. The van der Waals surface area contributed by atoms with E-state index in [4.69, 9.17) is 10.5 Å². The van der Waals surface area contributed by atoms with Gasteiger partial charge in [0.2, 0.25) is 0 Å². The van der Waals surface area contributed by atoms with E-state index in [1.165, 1.54) is 11.1 Å². The van der Waals surface area contributed by atoms with E-state index in [9.17, 15) is 0 Å². The van der Waals surface area contributed by atoms with Crippen molar-refractivity contribution < 1.29 is 4.74 Å². The Morgan fingerprint density at radius 1 is 1.42 bits per heavy atom. The lowest BCUT2D eigenvalue weighted by Crippen LogP contribution is -2.06. The lowest BCUT2D eigenvalue weighted by atomic mass is 10.1. The molecule has 2 aromatic rings. The fraction of sp³-hybridized carbons (Fsp3) is 0.400. The van der Waals surface area contributed by atoms with Crippen LogP contribution in [0.4, 0.5) is 0 Å². The molecule has 0 amide bonds. The second kappa shape index (κ2) is 5.45. The van der Waals surface area contributed by atoms with Gasteiger partial charge < -0.3 is 15.0 Å². The smallest absolute Gasteiger partial charge is 0.122 e. The van der Waals surface area contributed by atoms with Crippen LogP contribution in [0.25, 0.3) is 0 Å². The van der Waals surface area contributed by atoms with Gasteiger partial charge in [0.1, 0.15) is 5.75 Å². The van der Waals surface area contributed by atoms with Gasteiger partial charge in [0.15, 0.2) is 0 Å². The SMILES string of the molecule is NC1CCc2c(OCCCn3ccnc3)cccc21. The maximum Gasteiger partial charge on any atom is 0.122 e. The van der Waals surface area contributed by atoms with Crippen LogP contribution in [0, 0.1) is 0 Å². The summed E-state index contributed by atoms with van der Waals surface area (Å²) in [5.74, 6) is 1.01. The van der Waals surface area contributed by atoms with E-state index in [-0.39, 0.29) is 6.04 Å². The van der Waals surface area contributed by atoms with Gasteiger partial charge in [-0.3, -0.25) is 0 Å². The number of aromatic nitrogens is 2. The van der Waals surface area contributed by atoms with E-state index in [2.05, 4.69) is 15.6 Å². The molecule has 1 unspecified atom stereocenters. The monoisotopic (exact) mass is 257 g/mol. The molecule has 100 valence electrons. The van der Waals surface area contributed by atoms with Gasteiger partial charge in [0, 0.05) is 25.0 Å². The summed E-state index contributed by atoms with van der Waals surface area (Å²) in [7, 11) is 0. The molecule has 0 bridgehead atoms. The number of fused-ring (bicyclic) bond motifs is 1. The van der Waals surface area contributed by atoms with Crippen LogP contribution in [0.5, 0.6) is 5.75 Å². The van der Waals surface area contributed by atoms with Crippen LogP contribution in [-0.4, -0.2) is 16.2 Å². The molecule has 1 aliphatic carbocycles. The minimum absolute atomic E-state index is 0.185. The van der Waals surface area contributed by atoms with E-state index in [1.54, 1.807) is 6.20 Å². The third kappa shape index (κ3) is 2.63. The zero-order valence-electron chi connectivity index (χ0n) is 11.0. The van der Waals surface area contributed by atoms with E-state index in [0.29, 0.717) is 0 Å². The maximum absolute atomic E-state index is 6.07. The Morgan fingerprint density at radius 3 is 3.21 bits per heavy atom. The Balaban J connectivity index is 1.56.